The van der Waals surface area contributed by atoms with Gasteiger partial charge >= 0.3 is 12.0 Å². The third-order valence-electron chi connectivity index (χ3n) is 4.72. The number of anilines is 1. The predicted octanol–water partition coefficient (Wildman–Crippen LogP) is 1.57. The molecule has 3 rings (SSSR count). The fraction of sp³-hybridized carbons (Fsp3) is 0.474. The molecule has 1 aliphatic heterocycles. The lowest BCUT2D eigenvalue weighted by molar-refractivity contribution is -0.141. The van der Waals surface area contributed by atoms with Gasteiger partial charge in [-0.2, -0.15) is 0 Å². The van der Waals surface area contributed by atoms with Crippen LogP contribution in [0.3, 0.4) is 0 Å². The molecule has 0 spiro atoms. The first-order valence-electron chi connectivity index (χ1n) is 9.34. The maximum absolute atomic E-state index is 12.9. The average molecular weight is 387 g/mol. The number of nitrogens with zero attached hydrogens (tertiary/aromatic N) is 3. The first-order valence-corrected chi connectivity index (χ1v) is 9.34. The van der Waals surface area contributed by atoms with Crippen molar-refractivity contribution in [2.24, 2.45) is 5.92 Å². The van der Waals surface area contributed by atoms with E-state index in [0.29, 0.717) is 25.5 Å². The number of fused-ring (bicyclic) bond motifs is 3. The summed E-state index contributed by atoms with van der Waals surface area (Å²) in [6, 6.07) is 5.38. The van der Waals surface area contributed by atoms with Crippen molar-refractivity contribution in [1.82, 2.24) is 20.2 Å². The monoisotopic (exact) mass is 387 g/mol. The third-order valence-corrected chi connectivity index (χ3v) is 4.72. The van der Waals surface area contributed by atoms with Gasteiger partial charge in [0.2, 0.25) is 11.9 Å². The van der Waals surface area contributed by atoms with E-state index < -0.39 is 30.0 Å². The minimum atomic E-state index is -1.13. The number of rotatable bonds is 6. The highest BCUT2D eigenvalue weighted by molar-refractivity contribution is 5.97. The van der Waals surface area contributed by atoms with Gasteiger partial charge in [-0.1, -0.05) is 26.0 Å². The molecule has 1 aromatic heterocycles. The number of para-hydroxylation sites is 2. The molecule has 2 atom stereocenters. The van der Waals surface area contributed by atoms with Crippen LogP contribution in [0.5, 0.6) is 0 Å². The smallest absolute Gasteiger partial charge is 0.325 e. The molecule has 0 radical (unpaired) electrons. The van der Waals surface area contributed by atoms with Crippen molar-refractivity contribution in [2.45, 2.75) is 45.8 Å². The zero-order chi connectivity index (χ0) is 20.4. The number of benzene rings is 1. The number of hydrogen-bond donors (Lipinski definition) is 3. The zero-order valence-electron chi connectivity index (χ0n) is 16.2. The van der Waals surface area contributed by atoms with E-state index in [-0.39, 0.29) is 5.92 Å². The summed E-state index contributed by atoms with van der Waals surface area (Å²) in [7, 11) is 0. The number of amides is 3. The maximum atomic E-state index is 12.9. The van der Waals surface area contributed by atoms with Crippen molar-refractivity contribution < 1.29 is 19.5 Å². The number of imidazole rings is 1. The largest absolute Gasteiger partial charge is 0.480 e. The van der Waals surface area contributed by atoms with Gasteiger partial charge in [-0.25, -0.2) is 9.78 Å². The number of carboxylic acids is 1. The molecule has 2 aromatic rings. The summed E-state index contributed by atoms with van der Waals surface area (Å²) in [6.45, 7) is 6.34. The van der Waals surface area contributed by atoms with E-state index in [4.69, 9.17) is 5.11 Å². The van der Waals surface area contributed by atoms with Crippen molar-refractivity contribution in [3.05, 3.63) is 24.3 Å². The standard InChI is InChI=1S/C19H25N5O4/c1-11(2)10-14(16(25)20-12(3)17(26)27)22-19(28)24-9-8-23-15-7-5-4-6-13(15)21-18(23)24/h4-7,11-12,14H,8-10H2,1-3H3,(H,20,25)(H,22,28)(H,26,27)/t12-,14+/m1/s1. The second-order valence-corrected chi connectivity index (χ2v) is 7.40. The van der Waals surface area contributed by atoms with Crippen LogP contribution in [0.1, 0.15) is 27.2 Å². The van der Waals surface area contributed by atoms with E-state index in [1.165, 1.54) is 11.8 Å². The highest BCUT2D eigenvalue weighted by Gasteiger charge is 2.32. The Morgan fingerprint density at radius 1 is 1.14 bits per heavy atom. The molecule has 0 fully saturated rings. The van der Waals surface area contributed by atoms with Crippen LogP contribution in [0.2, 0.25) is 0 Å². The lowest BCUT2D eigenvalue weighted by atomic mass is 10.0. The molecule has 0 unspecified atom stereocenters. The van der Waals surface area contributed by atoms with Crippen molar-refractivity contribution >= 4 is 34.9 Å². The van der Waals surface area contributed by atoms with Crippen LogP contribution < -0.4 is 15.5 Å². The molecule has 3 amide bonds. The fourth-order valence-corrected chi connectivity index (χ4v) is 3.29. The second-order valence-electron chi connectivity index (χ2n) is 7.40. The summed E-state index contributed by atoms with van der Waals surface area (Å²) in [4.78, 5) is 42.4. The van der Waals surface area contributed by atoms with Gasteiger partial charge in [-0.3, -0.25) is 14.5 Å². The van der Waals surface area contributed by atoms with Crippen LogP contribution in [-0.4, -0.2) is 51.2 Å². The van der Waals surface area contributed by atoms with Crippen molar-refractivity contribution in [3.63, 3.8) is 0 Å². The molecule has 2 heterocycles. The van der Waals surface area contributed by atoms with E-state index in [0.717, 1.165) is 11.0 Å². The number of carbonyl (C=O) groups is 3. The number of hydrogen-bond acceptors (Lipinski definition) is 4. The van der Waals surface area contributed by atoms with E-state index >= 15 is 0 Å². The summed E-state index contributed by atoms with van der Waals surface area (Å²) in [5.74, 6) is -0.957. The first kappa shape index (κ1) is 19.7. The summed E-state index contributed by atoms with van der Waals surface area (Å²) >= 11 is 0. The minimum Gasteiger partial charge on any atom is -0.480 e. The van der Waals surface area contributed by atoms with Gasteiger partial charge in [0.1, 0.15) is 12.1 Å². The topological polar surface area (TPSA) is 117 Å². The minimum absolute atomic E-state index is 0.138. The van der Waals surface area contributed by atoms with Crippen molar-refractivity contribution in [2.75, 3.05) is 11.4 Å². The normalized spacial score (nSPS) is 15.4. The first-order chi connectivity index (χ1) is 13.3. The van der Waals surface area contributed by atoms with E-state index in [1.807, 2.05) is 42.7 Å². The van der Waals surface area contributed by atoms with Gasteiger partial charge < -0.3 is 20.3 Å². The SMILES string of the molecule is CC(C)C[C@H](NC(=O)N1CCn2c1nc1ccccc12)C(=O)N[C@H](C)C(=O)O. The molecule has 0 saturated carbocycles. The predicted molar refractivity (Wildman–Crippen MR) is 104 cm³/mol. The van der Waals surface area contributed by atoms with Crippen LogP contribution in [-0.2, 0) is 16.1 Å². The van der Waals surface area contributed by atoms with Crippen LogP contribution in [0.4, 0.5) is 10.7 Å². The molecule has 1 aromatic carbocycles. The van der Waals surface area contributed by atoms with Crippen molar-refractivity contribution in [3.8, 4) is 0 Å². The molecule has 0 bridgehead atoms. The maximum Gasteiger partial charge on any atom is 0.325 e. The molecule has 3 N–H and O–H groups in total. The highest BCUT2D eigenvalue weighted by atomic mass is 16.4. The molecule has 28 heavy (non-hydrogen) atoms. The number of nitrogens with one attached hydrogen (secondary N) is 2. The Hall–Kier alpha value is -3.10. The number of carboxylic acid groups (broad SMARTS) is 1. The van der Waals surface area contributed by atoms with Gasteiger partial charge in [0.15, 0.2) is 0 Å². The molecule has 1 aliphatic rings. The summed E-state index contributed by atoms with van der Waals surface area (Å²) < 4.78 is 1.97. The number of aliphatic carboxylic acids is 1. The summed E-state index contributed by atoms with van der Waals surface area (Å²) in [5.41, 5.74) is 1.77. The Bertz CT molecular complexity index is 907. The molecule has 150 valence electrons. The molecular formula is C19H25N5O4. The fourth-order valence-electron chi connectivity index (χ4n) is 3.29. The molecule has 9 heteroatoms. The van der Waals surface area contributed by atoms with Gasteiger partial charge in [-0.05, 0) is 31.4 Å². The Kier molecular flexibility index (Phi) is 5.53. The number of carbonyl (C=O) groups excluding carboxylic acids is 2. The number of aromatic nitrogens is 2. The highest BCUT2D eigenvalue weighted by Crippen LogP contribution is 2.27. The van der Waals surface area contributed by atoms with E-state index in [9.17, 15) is 14.4 Å². The van der Waals surface area contributed by atoms with Gasteiger partial charge in [0, 0.05) is 13.1 Å². The van der Waals surface area contributed by atoms with E-state index in [2.05, 4.69) is 15.6 Å². The van der Waals surface area contributed by atoms with Gasteiger partial charge in [0.05, 0.1) is 11.0 Å². The molecule has 0 aliphatic carbocycles. The van der Waals surface area contributed by atoms with E-state index in [1.54, 1.807) is 0 Å². The lowest BCUT2D eigenvalue weighted by Gasteiger charge is -2.24. The Labute approximate surface area is 162 Å². The molecule has 9 nitrogen and oxygen atoms in total. The Balaban J connectivity index is 1.76. The summed E-state index contributed by atoms with van der Waals surface area (Å²) in [5, 5.41) is 14.2. The molecule has 0 saturated heterocycles. The Morgan fingerprint density at radius 3 is 2.54 bits per heavy atom. The van der Waals surface area contributed by atoms with Gasteiger partial charge in [-0.15, -0.1) is 0 Å². The third kappa shape index (κ3) is 3.92. The molecular weight excluding hydrogens is 362 g/mol. The van der Waals surface area contributed by atoms with Crippen molar-refractivity contribution in [1.29, 1.82) is 0 Å². The van der Waals surface area contributed by atoms with Crippen LogP contribution in [0.25, 0.3) is 11.0 Å². The zero-order valence-corrected chi connectivity index (χ0v) is 16.2. The van der Waals surface area contributed by atoms with Crippen LogP contribution in [0.15, 0.2) is 24.3 Å². The lowest BCUT2D eigenvalue weighted by Crippen LogP contribution is -2.54. The summed E-state index contributed by atoms with van der Waals surface area (Å²) in [6.07, 6.45) is 0.397. The Morgan fingerprint density at radius 2 is 1.86 bits per heavy atom. The van der Waals surface area contributed by atoms with Gasteiger partial charge in [0.25, 0.3) is 0 Å². The average Bonchev–Trinajstić information content (AvgIpc) is 3.19. The van der Waals surface area contributed by atoms with Crippen LogP contribution in [0, 0.1) is 5.92 Å². The quantitative estimate of drug-likeness (QED) is 0.696. The number of urea groups is 1. The van der Waals surface area contributed by atoms with Crippen LogP contribution >= 0.6 is 0 Å². The second kappa shape index (κ2) is 7.87.